The summed E-state index contributed by atoms with van der Waals surface area (Å²) in [6, 6.07) is 4.57. The summed E-state index contributed by atoms with van der Waals surface area (Å²) in [7, 11) is 1.71. The Balaban J connectivity index is 1.46. The van der Waals surface area contributed by atoms with E-state index in [1.165, 1.54) is 15.3 Å². The fraction of sp³-hybridized carbons (Fsp3) is 0.455. The highest BCUT2D eigenvalue weighted by Crippen LogP contribution is 2.34. The van der Waals surface area contributed by atoms with Gasteiger partial charge in [-0.3, -0.25) is 9.59 Å². The van der Waals surface area contributed by atoms with Gasteiger partial charge in [0.05, 0.1) is 17.8 Å². The topological polar surface area (TPSA) is 126 Å². The van der Waals surface area contributed by atoms with Crippen LogP contribution < -0.4 is 21.5 Å². The number of rotatable bonds is 6. The van der Waals surface area contributed by atoms with Crippen LogP contribution in [-0.2, 0) is 0 Å². The van der Waals surface area contributed by atoms with Gasteiger partial charge in [-0.05, 0) is 44.7 Å². The second kappa shape index (κ2) is 7.84. The lowest BCUT2D eigenvalue weighted by atomic mass is 9.76. The number of halogens is 1. The molecule has 0 bridgehead atoms. The van der Waals surface area contributed by atoms with Crippen LogP contribution in [0.2, 0.25) is 0 Å². The summed E-state index contributed by atoms with van der Waals surface area (Å²) in [6.07, 6.45) is 4.22. The van der Waals surface area contributed by atoms with Gasteiger partial charge in [0.1, 0.15) is 29.1 Å². The van der Waals surface area contributed by atoms with Crippen molar-refractivity contribution in [2.75, 3.05) is 17.7 Å². The molecule has 174 valence electrons. The third kappa shape index (κ3) is 3.71. The molecule has 33 heavy (non-hydrogen) atoms. The number of carbonyl (C=O) groups excluding carboxylic acids is 1. The Labute approximate surface area is 188 Å². The van der Waals surface area contributed by atoms with E-state index in [9.17, 15) is 19.1 Å². The summed E-state index contributed by atoms with van der Waals surface area (Å²) in [5.41, 5.74) is -0.330. The van der Waals surface area contributed by atoms with Crippen molar-refractivity contribution in [2.24, 2.45) is 0 Å². The number of amides is 1. The quantitative estimate of drug-likeness (QED) is 0.448. The molecule has 2 saturated carbocycles. The predicted molar refractivity (Wildman–Crippen MR) is 121 cm³/mol. The van der Waals surface area contributed by atoms with Crippen LogP contribution in [0.4, 0.5) is 21.7 Å². The maximum absolute atomic E-state index is 13.3. The molecule has 10 nitrogen and oxygen atoms in total. The minimum atomic E-state index is -0.926. The molecular weight excluding hydrogens is 429 g/mol. The average molecular weight is 455 g/mol. The molecule has 3 heterocycles. The van der Waals surface area contributed by atoms with Gasteiger partial charge in [0.2, 0.25) is 0 Å². The number of nitrogens with one attached hydrogen (secondary N) is 3. The highest BCUT2D eigenvalue weighted by atomic mass is 19.1. The molecule has 0 spiro atoms. The Kier molecular flexibility index (Phi) is 5.08. The molecule has 1 unspecified atom stereocenters. The number of carbonyl (C=O) groups is 1. The maximum atomic E-state index is 13.3. The van der Waals surface area contributed by atoms with E-state index in [0.717, 1.165) is 0 Å². The molecule has 2 fully saturated rings. The van der Waals surface area contributed by atoms with E-state index in [1.54, 1.807) is 38.4 Å². The van der Waals surface area contributed by atoms with Crippen LogP contribution >= 0.6 is 0 Å². The largest absolute Gasteiger partial charge is 0.388 e. The zero-order valence-corrected chi connectivity index (χ0v) is 18.4. The third-order valence-electron chi connectivity index (χ3n) is 6.65. The summed E-state index contributed by atoms with van der Waals surface area (Å²) in [6.45, 7) is 1.70. The molecule has 0 saturated heterocycles. The van der Waals surface area contributed by atoms with Crippen molar-refractivity contribution >= 4 is 28.9 Å². The lowest BCUT2D eigenvalue weighted by Crippen LogP contribution is -2.58. The van der Waals surface area contributed by atoms with E-state index in [1.807, 2.05) is 0 Å². The fourth-order valence-electron chi connectivity index (χ4n) is 4.31. The van der Waals surface area contributed by atoms with E-state index in [2.05, 4.69) is 26.0 Å². The highest BCUT2D eigenvalue weighted by Gasteiger charge is 2.42. The molecule has 11 heteroatoms. The van der Waals surface area contributed by atoms with Crippen molar-refractivity contribution in [3.8, 4) is 0 Å². The number of hydrogen-bond acceptors (Lipinski definition) is 7. The van der Waals surface area contributed by atoms with Gasteiger partial charge in [-0.15, -0.1) is 0 Å². The average Bonchev–Trinajstić information content (AvgIpc) is 3.19. The smallest absolute Gasteiger partial charge is 0.274 e. The van der Waals surface area contributed by atoms with Crippen LogP contribution in [0.15, 0.2) is 35.4 Å². The van der Waals surface area contributed by atoms with Crippen molar-refractivity contribution in [1.29, 1.82) is 0 Å². The molecule has 3 aromatic rings. The number of fused-ring (bicyclic) bond motifs is 1. The fourth-order valence-corrected chi connectivity index (χ4v) is 4.31. The van der Waals surface area contributed by atoms with E-state index in [0.29, 0.717) is 48.7 Å². The number of hydrogen-bond donors (Lipinski definition) is 4. The van der Waals surface area contributed by atoms with Gasteiger partial charge in [0, 0.05) is 25.4 Å². The lowest BCUT2D eigenvalue weighted by Gasteiger charge is -2.42. The summed E-state index contributed by atoms with van der Waals surface area (Å²) in [4.78, 5) is 30.3. The van der Waals surface area contributed by atoms with Gasteiger partial charge >= 0.3 is 0 Å². The molecule has 0 aliphatic heterocycles. The van der Waals surface area contributed by atoms with Crippen LogP contribution in [0, 0.1) is 0 Å². The summed E-state index contributed by atoms with van der Waals surface area (Å²) < 4.78 is 16.3. The summed E-state index contributed by atoms with van der Waals surface area (Å²) in [5, 5.41) is 23.4. The minimum absolute atomic E-state index is 0.147. The molecule has 2 aliphatic rings. The van der Waals surface area contributed by atoms with Gasteiger partial charge in [0.15, 0.2) is 5.65 Å². The molecule has 1 amide bonds. The highest BCUT2D eigenvalue weighted by molar-refractivity contribution is 6.00. The van der Waals surface area contributed by atoms with Gasteiger partial charge < -0.3 is 25.6 Å². The predicted octanol–water partition coefficient (Wildman–Crippen LogP) is 1.99. The molecular formula is C22H26FN7O3. The molecule has 0 radical (unpaired) electrons. The van der Waals surface area contributed by atoms with Crippen LogP contribution in [0.25, 0.3) is 5.65 Å². The molecule has 3 aromatic heterocycles. The normalized spacial score (nSPS) is 26.4. The molecule has 2 atom stereocenters. The van der Waals surface area contributed by atoms with E-state index < -0.39 is 11.8 Å². The van der Waals surface area contributed by atoms with Gasteiger partial charge in [-0.1, -0.05) is 0 Å². The maximum Gasteiger partial charge on any atom is 0.274 e. The minimum Gasteiger partial charge on any atom is -0.388 e. The second-order valence-electron chi connectivity index (χ2n) is 8.97. The first kappa shape index (κ1) is 21.4. The lowest BCUT2D eigenvalue weighted by molar-refractivity contribution is -0.0486. The van der Waals surface area contributed by atoms with Crippen LogP contribution in [0.5, 0.6) is 0 Å². The molecule has 0 aromatic carbocycles. The van der Waals surface area contributed by atoms with E-state index >= 15 is 0 Å². The number of nitrogens with zero attached hydrogens (tertiary/aromatic N) is 4. The molecule has 4 N–H and O–H groups in total. The Morgan fingerprint density at radius 2 is 2.15 bits per heavy atom. The van der Waals surface area contributed by atoms with Crippen molar-refractivity contribution in [2.45, 2.75) is 56.5 Å². The standard InChI is InChI=1S/C22H26FN7O3/c1-22(33)6-5-16(22)27-20(31)14-11-25-30-18(24-2)10-17(28-19(14)30)26-15-4-3-7-29(21(15)32)13-8-12(23)9-13/h3-4,7,10-13,16,24,33H,5-6,8-9H2,1-2H3,(H,26,28)(H,27,31)/t12?,13?,16?,22-/m1/s1. The Morgan fingerprint density at radius 1 is 1.36 bits per heavy atom. The van der Waals surface area contributed by atoms with Crippen LogP contribution in [-0.4, -0.2) is 55.0 Å². The molecule has 2 aliphatic carbocycles. The van der Waals surface area contributed by atoms with Crippen molar-refractivity contribution in [3.05, 3.63) is 46.5 Å². The number of aromatic nitrogens is 4. The molecule has 5 rings (SSSR count). The third-order valence-corrected chi connectivity index (χ3v) is 6.65. The van der Waals surface area contributed by atoms with Crippen LogP contribution in [0.1, 0.15) is 49.0 Å². The van der Waals surface area contributed by atoms with Gasteiger partial charge in [0.25, 0.3) is 11.5 Å². The first-order chi connectivity index (χ1) is 15.8. The van der Waals surface area contributed by atoms with Crippen molar-refractivity contribution in [3.63, 3.8) is 0 Å². The Morgan fingerprint density at radius 3 is 2.79 bits per heavy atom. The van der Waals surface area contributed by atoms with Crippen molar-refractivity contribution in [1.82, 2.24) is 24.5 Å². The van der Waals surface area contributed by atoms with E-state index in [4.69, 9.17) is 0 Å². The first-order valence-electron chi connectivity index (χ1n) is 11.0. The first-order valence-corrected chi connectivity index (χ1v) is 11.0. The monoisotopic (exact) mass is 455 g/mol. The Hall–Kier alpha value is -3.47. The zero-order valence-electron chi connectivity index (χ0n) is 18.4. The number of anilines is 3. The van der Waals surface area contributed by atoms with Gasteiger partial charge in [-0.25, -0.2) is 9.37 Å². The van der Waals surface area contributed by atoms with Crippen LogP contribution in [0.3, 0.4) is 0 Å². The number of aliphatic hydroxyl groups is 1. The summed E-state index contributed by atoms with van der Waals surface area (Å²) in [5.74, 6) is 0.533. The van der Waals surface area contributed by atoms with Crippen molar-refractivity contribution < 1.29 is 14.3 Å². The van der Waals surface area contributed by atoms with E-state index in [-0.39, 0.29) is 29.1 Å². The Bertz CT molecular complexity index is 1280. The summed E-state index contributed by atoms with van der Waals surface area (Å²) >= 11 is 0. The second-order valence-corrected chi connectivity index (χ2v) is 8.97. The number of alkyl halides is 1. The zero-order chi connectivity index (χ0) is 23.3. The SMILES string of the molecule is CNc1cc(Nc2cccn(C3CC(F)C3)c2=O)nc2c(C(=O)NC3CC[C@@]3(C)O)cnn12. The van der Waals surface area contributed by atoms with Gasteiger partial charge in [-0.2, -0.15) is 9.61 Å². The number of pyridine rings is 1.